The first-order chi connectivity index (χ1) is 8.70. The Labute approximate surface area is 126 Å². The molecule has 0 aromatic heterocycles. The van der Waals surface area contributed by atoms with Crippen LogP contribution in [0.5, 0.6) is 0 Å². The Morgan fingerprint density at radius 1 is 0.722 bits per heavy atom. The van der Waals surface area contributed by atoms with Crippen molar-refractivity contribution in [1.82, 2.24) is 0 Å². The molecule has 18 heavy (non-hydrogen) atoms. The van der Waals surface area contributed by atoms with Gasteiger partial charge in [0.15, 0.2) is 0 Å². The van der Waals surface area contributed by atoms with Crippen LogP contribution in [-0.2, 0) is 0 Å². The van der Waals surface area contributed by atoms with E-state index in [1.54, 1.807) is 0 Å². The summed E-state index contributed by atoms with van der Waals surface area (Å²) in [6.07, 6.45) is 0. The fraction of sp³-hybridized carbons (Fsp3) is 0.250. The zero-order valence-electron chi connectivity index (χ0n) is 10.3. The predicted molar refractivity (Wildman–Crippen MR) is 85.7 cm³/mol. The number of alkyl halides is 2. The molecular weight excluding hydrogens is 352 g/mol. The SMILES string of the molecule is CC(c1ccccc1)C(Br)C(Br)c1ccccc1. The highest BCUT2D eigenvalue weighted by Gasteiger charge is 2.24. The third kappa shape index (κ3) is 3.24. The first-order valence-corrected chi connectivity index (χ1v) is 7.91. The van der Waals surface area contributed by atoms with Crippen LogP contribution in [0.25, 0.3) is 0 Å². The summed E-state index contributed by atoms with van der Waals surface area (Å²) < 4.78 is 0. The van der Waals surface area contributed by atoms with Gasteiger partial charge in [0.2, 0.25) is 0 Å². The predicted octanol–water partition coefficient (Wildman–Crippen LogP) is 5.69. The van der Waals surface area contributed by atoms with Crippen molar-refractivity contribution in [3.05, 3.63) is 71.8 Å². The largest absolute Gasteiger partial charge is 0.0868 e. The first kappa shape index (κ1) is 13.8. The number of rotatable bonds is 4. The smallest absolute Gasteiger partial charge is 0.0526 e. The second-order valence-electron chi connectivity index (χ2n) is 4.46. The molecule has 0 fully saturated rings. The monoisotopic (exact) mass is 366 g/mol. The lowest BCUT2D eigenvalue weighted by molar-refractivity contribution is 0.705. The molecule has 0 radical (unpaired) electrons. The van der Waals surface area contributed by atoms with Crippen molar-refractivity contribution in [2.45, 2.75) is 22.5 Å². The second-order valence-corrected chi connectivity index (χ2v) is 6.50. The van der Waals surface area contributed by atoms with Gasteiger partial charge in [-0.05, 0) is 17.0 Å². The lowest BCUT2D eigenvalue weighted by Gasteiger charge is -2.24. The van der Waals surface area contributed by atoms with Crippen LogP contribution in [0.4, 0.5) is 0 Å². The molecule has 2 aromatic rings. The Bertz CT molecular complexity index is 421. The van der Waals surface area contributed by atoms with Gasteiger partial charge in [0.05, 0.1) is 4.83 Å². The molecule has 2 aromatic carbocycles. The molecule has 0 amide bonds. The van der Waals surface area contributed by atoms with E-state index in [1.165, 1.54) is 11.1 Å². The molecule has 0 bridgehead atoms. The maximum atomic E-state index is 3.84. The molecule has 0 saturated carbocycles. The summed E-state index contributed by atoms with van der Waals surface area (Å²) in [5.74, 6) is 0.454. The van der Waals surface area contributed by atoms with Crippen molar-refractivity contribution in [3.8, 4) is 0 Å². The van der Waals surface area contributed by atoms with Gasteiger partial charge < -0.3 is 0 Å². The summed E-state index contributed by atoms with van der Waals surface area (Å²) in [4.78, 5) is 0.677. The van der Waals surface area contributed by atoms with Gasteiger partial charge in [-0.3, -0.25) is 0 Å². The standard InChI is InChI=1S/C16H16Br2/c1-12(13-8-4-2-5-9-13)15(17)16(18)14-10-6-3-7-11-14/h2-12,15-16H,1H3. The molecule has 0 heterocycles. The summed E-state index contributed by atoms with van der Waals surface area (Å²) >= 11 is 7.64. The van der Waals surface area contributed by atoms with Gasteiger partial charge in [-0.15, -0.1) is 0 Å². The molecule has 3 unspecified atom stereocenters. The van der Waals surface area contributed by atoms with Gasteiger partial charge in [-0.25, -0.2) is 0 Å². The molecule has 0 saturated heterocycles. The fourth-order valence-electron chi connectivity index (χ4n) is 2.01. The van der Waals surface area contributed by atoms with Gasteiger partial charge in [0.1, 0.15) is 0 Å². The highest BCUT2D eigenvalue weighted by atomic mass is 79.9. The van der Waals surface area contributed by atoms with E-state index in [0.717, 1.165) is 0 Å². The van der Waals surface area contributed by atoms with Crippen LogP contribution in [-0.4, -0.2) is 4.83 Å². The fourth-order valence-corrected chi connectivity index (χ4v) is 3.39. The molecule has 0 spiro atoms. The number of hydrogen-bond donors (Lipinski definition) is 0. The van der Waals surface area contributed by atoms with E-state index < -0.39 is 0 Å². The topological polar surface area (TPSA) is 0 Å². The summed E-state index contributed by atoms with van der Waals surface area (Å²) in [6, 6.07) is 21.1. The van der Waals surface area contributed by atoms with Gasteiger partial charge in [0.25, 0.3) is 0 Å². The Kier molecular flexibility index (Phi) is 5.02. The highest BCUT2D eigenvalue weighted by Crippen LogP contribution is 2.39. The third-order valence-corrected chi connectivity index (χ3v) is 6.33. The van der Waals surface area contributed by atoms with Crippen molar-refractivity contribution in [1.29, 1.82) is 0 Å². The van der Waals surface area contributed by atoms with Crippen LogP contribution < -0.4 is 0 Å². The summed E-state index contributed by atoms with van der Waals surface area (Å²) in [6.45, 7) is 2.26. The average Bonchev–Trinajstić information content (AvgIpc) is 2.47. The van der Waals surface area contributed by atoms with E-state index in [1.807, 2.05) is 6.07 Å². The van der Waals surface area contributed by atoms with Crippen LogP contribution in [0.1, 0.15) is 28.8 Å². The number of benzene rings is 2. The molecule has 2 rings (SSSR count). The van der Waals surface area contributed by atoms with E-state index in [2.05, 4.69) is 93.4 Å². The van der Waals surface area contributed by atoms with E-state index in [-0.39, 0.29) is 0 Å². The molecule has 94 valence electrons. The van der Waals surface area contributed by atoms with Crippen molar-refractivity contribution < 1.29 is 0 Å². The highest BCUT2D eigenvalue weighted by molar-refractivity contribution is 9.12. The maximum Gasteiger partial charge on any atom is 0.0526 e. The van der Waals surface area contributed by atoms with Crippen molar-refractivity contribution >= 4 is 31.9 Å². The van der Waals surface area contributed by atoms with Crippen molar-refractivity contribution in [2.75, 3.05) is 0 Å². The normalized spacial score (nSPS) is 15.9. The van der Waals surface area contributed by atoms with E-state index in [4.69, 9.17) is 0 Å². The first-order valence-electron chi connectivity index (χ1n) is 6.08. The third-order valence-electron chi connectivity index (χ3n) is 3.20. The number of halogens is 2. The van der Waals surface area contributed by atoms with E-state index in [9.17, 15) is 0 Å². The molecule has 2 heteroatoms. The quantitative estimate of drug-likeness (QED) is 0.609. The molecule has 0 nitrogen and oxygen atoms in total. The Morgan fingerprint density at radius 3 is 1.67 bits per heavy atom. The molecule has 0 N–H and O–H groups in total. The molecule has 3 atom stereocenters. The minimum atomic E-state index is 0.314. The molecule has 0 aliphatic carbocycles. The minimum absolute atomic E-state index is 0.314. The number of hydrogen-bond acceptors (Lipinski definition) is 0. The molecule has 0 aliphatic rings. The van der Waals surface area contributed by atoms with Crippen LogP contribution in [0.2, 0.25) is 0 Å². The van der Waals surface area contributed by atoms with Gasteiger partial charge in [-0.2, -0.15) is 0 Å². The van der Waals surface area contributed by atoms with Gasteiger partial charge in [0, 0.05) is 4.83 Å². The summed E-state index contributed by atoms with van der Waals surface area (Å²) in [5.41, 5.74) is 2.67. The van der Waals surface area contributed by atoms with Crippen molar-refractivity contribution in [3.63, 3.8) is 0 Å². The van der Waals surface area contributed by atoms with E-state index >= 15 is 0 Å². The van der Waals surface area contributed by atoms with Crippen LogP contribution in [0.15, 0.2) is 60.7 Å². The van der Waals surface area contributed by atoms with E-state index in [0.29, 0.717) is 15.6 Å². The Balaban J connectivity index is 2.14. The second kappa shape index (κ2) is 6.53. The zero-order valence-corrected chi connectivity index (χ0v) is 13.4. The van der Waals surface area contributed by atoms with Gasteiger partial charge >= 0.3 is 0 Å². The summed E-state index contributed by atoms with van der Waals surface area (Å²) in [5, 5.41) is 0. The van der Waals surface area contributed by atoms with Crippen LogP contribution in [0.3, 0.4) is 0 Å². The molecule has 0 aliphatic heterocycles. The van der Waals surface area contributed by atoms with Crippen LogP contribution in [0, 0.1) is 0 Å². The van der Waals surface area contributed by atoms with Crippen LogP contribution >= 0.6 is 31.9 Å². The van der Waals surface area contributed by atoms with Crippen molar-refractivity contribution in [2.24, 2.45) is 0 Å². The van der Waals surface area contributed by atoms with Gasteiger partial charge in [-0.1, -0.05) is 99.4 Å². The minimum Gasteiger partial charge on any atom is -0.0868 e. The lowest BCUT2D eigenvalue weighted by atomic mass is 9.94. The molecular formula is C16H16Br2. The summed E-state index contributed by atoms with van der Waals surface area (Å²) in [7, 11) is 0. The maximum absolute atomic E-state index is 3.84. The zero-order chi connectivity index (χ0) is 13.0. The average molecular weight is 368 g/mol. The lowest BCUT2D eigenvalue weighted by Crippen LogP contribution is -2.14. The Morgan fingerprint density at radius 2 is 1.17 bits per heavy atom. The Hall–Kier alpha value is -0.600.